The molecule has 0 heterocycles. The standard InChI is InChI=1S/C28H30BrClN2O3/c1-2-31-28(34)26(19-21-8-4-3-5-9-21)32(20-22-10-6-11-23(29)18-22)27(33)12-7-17-35-25-15-13-24(30)14-16-25/h3-6,8-11,13-16,18,26H,2,7,12,17,19-20H2,1H3,(H,31,34)/t26-/m0/s1. The van der Waals surface area contributed by atoms with Gasteiger partial charge in [0.15, 0.2) is 0 Å². The second-order valence-corrected chi connectivity index (χ2v) is 9.51. The Balaban J connectivity index is 1.76. The first kappa shape index (κ1) is 26.8. The topological polar surface area (TPSA) is 58.6 Å². The highest BCUT2D eigenvalue weighted by Gasteiger charge is 2.29. The van der Waals surface area contributed by atoms with E-state index in [0.29, 0.717) is 43.3 Å². The molecule has 0 radical (unpaired) electrons. The van der Waals surface area contributed by atoms with Gasteiger partial charge in [-0.2, -0.15) is 0 Å². The average molecular weight is 558 g/mol. The lowest BCUT2D eigenvalue weighted by molar-refractivity contribution is -0.141. The molecule has 2 amide bonds. The van der Waals surface area contributed by atoms with Crippen LogP contribution in [0, 0.1) is 0 Å². The first-order valence-corrected chi connectivity index (χ1v) is 12.9. The number of ether oxygens (including phenoxy) is 1. The van der Waals surface area contributed by atoms with Crippen LogP contribution in [0.4, 0.5) is 0 Å². The molecule has 0 saturated carbocycles. The zero-order valence-corrected chi connectivity index (χ0v) is 22.1. The minimum atomic E-state index is -0.624. The molecule has 0 spiro atoms. The van der Waals surface area contributed by atoms with Crippen molar-refractivity contribution >= 4 is 39.3 Å². The molecule has 0 aliphatic carbocycles. The first-order chi connectivity index (χ1) is 17.0. The van der Waals surface area contributed by atoms with Gasteiger partial charge in [-0.15, -0.1) is 0 Å². The molecule has 3 aromatic rings. The van der Waals surface area contributed by atoms with Crippen LogP contribution in [0.5, 0.6) is 5.75 Å². The average Bonchev–Trinajstić information content (AvgIpc) is 2.86. The molecule has 0 bridgehead atoms. The third-order valence-corrected chi connectivity index (χ3v) is 6.23. The first-order valence-electron chi connectivity index (χ1n) is 11.7. The van der Waals surface area contributed by atoms with Crippen molar-refractivity contribution in [3.8, 4) is 5.75 Å². The fourth-order valence-electron chi connectivity index (χ4n) is 3.77. The summed E-state index contributed by atoms with van der Waals surface area (Å²) >= 11 is 9.42. The van der Waals surface area contributed by atoms with Crippen molar-refractivity contribution in [2.24, 2.45) is 0 Å². The Bertz CT molecular complexity index is 1090. The number of rotatable bonds is 12. The van der Waals surface area contributed by atoms with E-state index >= 15 is 0 Å². The molecule has 0 aliphatic heterocycles. The number of hydrogen-bond donors (Lipinski definition) is 1. The van der Waals surface area contributed by atoms with Crippen molar-refractivity contribution in [1.29, 1.82) is 0 Å². The second-order valence-electron chi connectivity index (χ2n) is 8.16. The number of nitrogens with one attached hydrogen (secondary N) is 1. The number of carbonyl (C=O) groups excluding carboxylic acids is 2. The van der Waals surface area contributed by atoms with Crippen LogP contribution in [0.2, 0.25) is 5.02 Å². The van der Waals surface area contributed by atoms with Crippen molar-refractivity contribution in [2.75, 3.05) is 13.2 Å². The summed E-state index contributed by atoms with van der Waals surface area (Å²) in [4.78, 5) is 28.3. The highest BCUT2D eigenvalue weighted by Crippen LogP contribution is 2.20. The van der Waals surface area contributed by atoms with Crippen LogP contribution in [-0.2, 0) is 22.6 Å². The van der Waals surface area contributed by atoms with Gasteiger partial charge in [-0.1, -0.05) is 70.0 Å². The minimum absolute atomic E-state index is 0.0862. The predicted octanol–water partition coefficient (Wildman–Crippen LogP) is 6.04. The van der Waals surface area contributed by atoms with Crippen LogP contribution >= 0.6 is 27.5 Å². The summed E-state index contributed by atoms with van der Waals surface area (Å²) in [5.74, 6) is 0.464. The Morgan fingerprint density at radius 2 is 1.71 bits per heavy atom. The molecular weight excluding hydrogens is 528 g/mol. The molecule has 0 saturated heterocycles. The SMILES string of the molecule is CCNC(=O)[C@H](Cc1ccccc1)N(Cc1cccc(Br)c1)C(=O)CCCOc1ccc(Cl)cc1. The van der Waals surface area contributed by atoms with Gasteiger partial charge in [0, 0.05) is 35.4 Å². The highest BCUT2D eigenvalue weighted by atomic mass is 79.9. The number of halogens is 2. The predicted molar refractivity (Wildman–Crippen MR) is 143 cm³/mol. The summed E-state index contributed by atoms with van der Waals surface area (Å²) in [6.07, 6.45) is 1.24. The van der Waals surface area contributed by atoms with Crippen molar-refractivity contribution < 1.29 is 14.3 Å². The lowest BCUT2D eigenvalue weighted by Crippen LogP contribution is -2.50. The van der Waals surface area contributed by atoms with Gasteiger partial charge in [0.05, 0.1) is 6.61 Å². The van der Waals surface area contributed by atoms with E-state index in [4.69, 9.17) is 16.3 Å². The van der Waals surface area contributed by atoms with E-state index < -0.39 is 6.04 Å². The molecule has 0 aliphatic rings. The minimum Gasteiger partial charge on any atom is -0.494 e. The molecule has 1 atom stereocenters. The molecule has 0 unspecified atom stereocenters. The summed E-state index contributed by atoms with van der Waals surface area (Å²) < 4.78 is 6.68. The van der Waals surface area contributed by atoms with E-state index in [9.17, 15) is 9.59 Å². The Morgan fingerprint density at radius 1 is 1.00 bits per heavy atom. The number of benzene rings is 3. The molecule has 0 aromatic heterocycles. The number of nitrogens with zero attached hydrogens (tertiary/aromatic N) is 1. The van der Waals surface area contributed by atoms with E-state index in [1.54, 1.807) is 29.2 Å². The maximum Gasteiger partial charge on any atom is 0.243 e. The Labute approximate surface area is 220 Å². The van der Waals surface area contributed by atoms with Gasteiger partial charge >= 0.3 is 0 Å². The molecular formula is C28H30BrClN2O3. The van der Waals surface area contributed by atoms with E-state index in [-0.39, 0.29) is 18.2 Å². The van der Waals surface area contributed by atoms with Crippen molar-refractivity contribution in [3.05, 3.63) is 99.5 Å². The maximum absolute atomic E-state index is 13.5. The number of amides is 2. The number of carbonyl (C=O) groups is 2. The van der Waals surface area contributed by atoms with Gasteiger partial charge in [-0.3, -0.25) is 9.59 Å². The van der Waals surface area contributed by atoms with Crippen LogP contribution in [0.1, 0.15) is 30.9 Å². The molecule has 35 heavy (non-hydrogen) atoms. The quantitative estimate of drug-likeness (QED) is 0.276. The summed E-state index contributed by atoms with van der Waals surface area (Å²) in [5, 5.41) is 3.56. The second kappa shape index (κ2) is 13.9. The third kappa shape index (κ3) is 8.71. The summed E-state index contributed by atoms with van der Waals surface area (Å²) in [6.45, 7) is 3.11. The number of hydrogen-bond acceptors (Lipinski definition) is 3. The van der Waals surface area contributed by atoms with Crippen LogP contribution in [0.3, 0.4) is 0 Å². The Kier molecular flexibility index (Phi) is 10.6. The normalized spacial score (nSPS) is 11.5. The summed E-state index contributed by atoms with van der Waals surface area (Å²) in [7, 11) is 0. The lowest BCUT2D eigenvalue weighted by Gasteiger charge is -2.31. The van der Waals surface area contributed by atoms with E-state index in [1.807, 2.05) is 61.5 Å². The highest BCUT2D eigenvalue weighted by molar-refractivity contribution is 9.10. The molecule has 1 N–H and O–H groups in total. The molecule has 0 fully saturated rings. The monoisotopic (exact) mass is 556 g/mol. The fourth-order valence-corrected chi connectivity index (χ4v) is 4.34. The molecule has 7 heteroatoms. The molecule has 3 aromatic carbocycles. The van der Waals surface area contributed by atoms with E-state index in [1.165, 1.54) is 0 Å². The summed E-state index contributed by atoms with van der Waals surface area (Å²) in [6, 6.07) is 24.1. The third-order valence-electron chi connectivity index (χ3n) is 5.48. The van der Waals surface area contributed by atoms with Crippen molar-refractivity contribution in [2.45, 2.75) is 38.8 Å². The van der Waals surface area contributed by atoms with Crippen molar-refractivity contribution in [3.63, 3.8) is 0 Å². The van der Waals surface area contributed by atoms with Gasteiger partial charge < -0.3 is 15.0 Å². The molecule has 184 valence electrons. The largest absolute Gasteiger partial charge is 0.494 e. The Morgan fingerprint density at radius 3 is 2.40 bits per heavy atom. The Hall–Kier alpha value is -2.83. The zero-order valence-electron chi connectivity index (χ0n) is 19.8. The van der Waals surface area contributed by atoms with Crippen molar-refractivity contribution in [1.82, 2.24) is 10.2 Å². The van der Waals surface area contributed by atoms with Gasteiger partial charge in [-0.25, -0.2) is 0 Å². The fraction of sp³-hybridized carbons (Fsp3) is 0.286. The number of likely N-dealkylation sites (N-methyl/N-ethyl adjacent to an activating group) is 1. The molecule has 3 rings (SSSR count). The van der Waals surface area contributed by atoms with Crippen LogP contribution in [0.15, 0.2) is 83.3 Å². The van der Waals surface area contributed by atoms with E-state index in [0.717, 1.165) is 15.6 Å². The van der Waals surface area contributed by atoms with Gasteiger partial charge in [0.2, 0.25) is 11.8 Å². The smallest absolute Gasteiger partial charge is 0.243 e. The van der Waals surface area contributed by atoms with Gasteiger partial charge in [0.1, 0.15) is 11.8 Å². The summed E-state index contributed by atoms with van der Waals surface area (Å²) in [5.41, 5.74) is 1.95. The molecule has 5 nitrogen and oxygen atoms in total. The van der Waals surface area contributed by atoms with Gasteiger partial charge in [-0.05, 0) is 60.9 Å². The van der Waals surface area contributed by atoms with Crippen LogP contribution < -0.4 is 10.1 Å². The van der Waals surface area contributed by atoms with Crippen LogP contribution in [-0.4, -0.2) is 35.9 Å². The lowest BCUT2D eigenvalue weighted by atomic mass is 10.0. The maximum atomic E-state index is 13.5. The van der Waals surface area contributed by atoms with E-state index in [2.05, 4.69) is 21.2 Å². The van der Waals surface area contributed by atoms with Gasteiger partial charge in [0.25, 0.3) is 0 Å². The van der Waals surface area contributed by atoms with Crippen LogP contribution in [0.25, 0.3) is 0 Å². The zero-order chi connectivity index (χ0) is 25.0.